The van der Waals surface area contributed by atoms with Crippen molar-refractivity contribution in [2.75, 3.05) is 6.26 Å². The molecule has 0 bridgehead atoms. The van der Waals surface area contributed by atoms with Crippen LogP contribution in [0.2, 0.25) is 0 Å². The van der Waals surface area contributed by atoms with Gasteiger partial charge in [0.25, 0.3) is 0 Å². The van der Waals surface area contributed by atoms with Gasteiger partial charge in [-0.05, 0) is 12.3 Å². The molecule has 1 heterocycles. The highest BCUT2D eigenvalue weighted by molar-refractivity contribution is 7.98. The fourth-order valence-electron chi connectivity index (χ4n) is 1.09. The zero-order valence-electron chi connectivity index (χ0n) is 6.74. The average Bonchev–Trinajstić information content (AvgIpc) is 2.17. The van der Waals surface area contributed by atoms with Crippen molar-refractivity contribution >= 4 is 22.7 Å². The van der Waals surface area contributed by atoms with Crippen molar-refractivity contribution in [2.45, 2.75) is 4.90 Å². The van der Waals surface area contributed by atoms with Crippen molar-refractivity contribution in [2.24, 2.45) is 0 Å². The van der Waals surface area contributed by atoms with Crippen molar-refractivity contribution in [1.29, 1.82) is 0 Å². The molecular weight excluding hydrogens is 166 g/mol. The van der Waals surface area contributed by atoms with Crippen LogP contribution in [0.4, 0.5) is 0 Å². The third kappa shape index (κ3) is 1.30. The first-order chi connectivity index (χ1) is 5.90. The molecule has 0 aliphatic rings. The van der Waals surface area contributed by atoms with E-state index in [-0.39, 0.29) is 0 Å². The lowest BCUT2D eigenvalue weighted by molar-refractivity contribution is 1.30. The van der Waals surface area contributed by atoms with Crippen LogP contribution in [0.3, 0.4) is 0 Å². The van der Waals surface area contributed by atoms with E-state index < -0.39 is 0 Å². The molecule has 2 aromatic rings. The second-order valence-corrected chi connectivity index (χ2v) is 3.32. The monoisotopic (exact) mass is 174 g/mol. The Balaban J connectivity index is 2.67. The van der Waals surface area contributed by atoms with Gasteiger partial charge in [0.15, 0.2) is 0 Å². The normalized spacial score (nSPS) is 10.4. The summed E-state index contributed by atoms with van der Waals surface area (Å²) in [6.07, 6.45) is 3.88. The number of aromatic nitrogens is 1. The molecule has 2 heteroatoms. The van der Waals surface area contributed by atoms with Gasteiger partial charge in [0.05, 0.1) is 5.52 Å². The average molecular weight is 174 g/mol. The molecule has 0 spiro atoms. The third-order valence-corrected chi connectivity index (χ3v) is 2.35. The largest absolute Gasteiger partial charge is 0.255 e. The highest BCUT2D eigenvalue weighted by atomic mass is 32.2. The quantitative estimate of drug-likeness (QED) is 0.616. The lowest BCUT2D eigenvalue weighted by atomic mass is 10.2. The number of benzene rings is 1. The van der Waals surface area contributed by atoms with E-state index >= 15 is 0 Å². The number of hydrogen-bond donors (Lipinski definition) is 0. The van der Waals surface area contributed by atoms with Gasteiger partial charge in [0.1, 0.15) is 0 Å². The van der Waals surface area contributed by atoms with Crippen molar-refractivity contribution in [3.8, 4) is 0 Å². The van der Waals surface area contributed by atoms with Crippen LogP contribution < -0.4 is 0 Å². The van der Waals surface area contributed by atoms with Crippen molar-refractivity contribution in [3.05, 3.63) is 36.5 Å². The van der Waals surface area contributed by atoms with Crippen LogP contribution in [-0.2, 0) is 0 Å². The topological polar surface area (TPSA) is 12.9 Å². The van der Waals surface area contributed by atoms with Gasteiger partial charge >= 0.3 is 0 Å². The molecule has 0 fully saturated rings. The zero-order chi connectivity index (χ0) is 8.39. The first-order valence-corrected chi connectivity index (χ1v) is 4.93. The maximum Gasteiger partial charge on any atom is 0.0709 e. The first kappa shape index (κ1) is 7.62. The minimum Gasteiger partial charge on any atom is -0.255 e. The number of fused-ring (bicyclic) bond motifs is 1. The van der Waals surface area contributed by atoms with Crippen LogP contribution >= 0.6 is 11.8 Å². The van der Waals surface area contributed by atoms with E-state index in [4.69, 9.17) is 0 Å². The molecule has 1 aromatic heterocycles. The molecule has 0 saturated heterocycles. The Morgan fingerprint density at radius 3 is 3.00 bits per heavy atom. The van der Waals surface area contributed by atoms with E-state index in [0.717, 1.165) is 15.8 Å². The van der Waals surface area contributed by atoms with Crippen molar-refractivity contribution < 1.29 is 0 Å². The van der Waals surface area contributed by atoms with Gasteiger partial charge in [0.2, 0.25) is 0 Å². The van der Waals surface area contributed by atoms with Gasteiger partial charge in [-0.15, -0.1) is 11.8 Å². The summed E-state index contributed by atoms with van der Waals surface area (Å²) in [5, 5.41) is 1.09. The Morgan fingerprint density at radius 2 is 2.17 bits per heavy atom. The summed E-state index contributed by atoms with van der Waals surface area (Å²) < 4.78 is 0. The van der Waals surface area contributed by atoms with Crippen molar-refractivity contribution in [1.82, 2.24) is 4.98 Å². The number of hydrogen-bond acceptors (Lipinski definition) is 2. The SMILES string of the molecule is CSc1[c]c2ccccc2nc1. The zero-order valence-corrected chi connectivity index (χ0v) is 7.56. The van der Waals surface area contributed by atoms with E-state index in [1.807, 2.05) is 36.7 Å². The fourth-order valence-corrected chi connectivity index (χ4v) is 1.46. The van der Waals surface area contributed by atoms with Gasteiger partial charge in [0, 0.05) is 22.5 Å². The number of thioether (sulfide) groups is 1. The maximum absolute atomic E-state index is 4.30. The molecule has 0 atom stereocenters. The molecule has 1 radical (unpaired) electrons. The van der Waals surface area contributed by atoms with E-state index in [2.05, 4.69) is 11.1 Å². The highest BCUT2D eigenvalue weighted by Gasteiger charge is 1.94. The Morgan fingerprint density at radius 1 is 1.33 bits per heavy atom. The van der Waals surface area contributed by atoms with Crippen LogP contribution in [0.15, 0.2) is 35.4 Å². The molecule has 0 unspecified atom stereocenters. The van der Waals surface area contributed by atoms with Gasteiger partial charge in [-0.25, -0.2) is 0 Å². The molecular formula is C10H8NS. The van der Waals surface area contributed by atoms with E-state index in [1.165, 1.54) is 0 Å². The summed E-state index contributed by atoms with van der Waals surface area (Å²) in [5.74, 6) is 0. The summed E-state index contributed by atoms with van der Waals surface area (Å²) >= 11 is 1.67. The van der Waals surface area contributed by atoms with E-state index in [0.29, 0.717) is 0 Å². The standard InChI is InChI=1S/C10H8NS/c1-12-9-6-8-4-2-3-5-10(8)11-7-9/h2-5,7H,1H3. The number of rotatable bonds is 1. The van der Waals surface area contributed by atoms with Crippen LogP contribution in [0.5, 0.6) is 0 Å². The maximum atomic E-state index is 4.30. The lowest BCUT2D eigenvalue weighted by Crippen LogP contribution is -1.79. The summed E-state index contributed by atoms with van der Waals surface area (Å²) in [7, 11) is 0. The molecule has 2 rings (SSSR count). The summed E-state index contributed by atoms with van der Waals surface area (Å²) in [6, 6.07) is 11.3. The second-order valence-electron chi connectivity index (χ2n) is 2.47. The predicted molar refractivity (Wildman–Crippen MR) is 52.4 cm³/mol. The van der Waals surface area contributed by atoms with Crippen LogP contribution in [-0.4, -0.2) is 11.2 Å². The Labute approximate surface area is 75.8 Å². The Kier molecular flexibility index (Phi) is 2.00. The van der Waals surface area contributed by atoms with Crippen molar-refractivity contribution in [3.63, 3.8) is 0 Å². The van der Waals surface area contributed by atoms with Crippen LogP contribution in [0.25, 0.3) is 10.9 Å². The number of pyridine rings is 1. The smallest absolute Gasteiger partial charge is 0.0709 e. The second kappa shape index (κ2) is 3.15. The molecule has 0 aliphatic heterocycles. The summed E-state index contributed by atoms with van der Waals surface area (Å²) in [5.41, 5.74) is 1.01. The Bertz CT molecular complexity index is 398. The van der Waals surface area contributed by atoms with Gasteiger partial charge < -0.3 is 0 Å². The van der Waals surface area contributed by atoms with Gasteiger partial charge in [-0.1, -0.05) is 18.2 Å². The molecule has 0 saturated carbocycles. The summed E-state index contributed by atoms with van der Waals surface area (Å²) in [4.78, 5) is 5.39. The minimum absolute atomic E-state index is 1.01. The minimum atomic E-state index is 1.01. The van der Waals surface area contributed by atoms with Crippen LogP contribution in [0.1, 0.15) is 0 Å². The molecule has 12 heavy (non-hydrogen) atoms. The number of nitrogens with zero attached hydrogens (tertiary/aromatic N) is 1. The van der Waals surface area contributed by atoms with Gasteiger partial charge in [-0.2, -0.15) is 0 Å². The third-order valence-electron chi connectivity index (χ3n) is 1.70. The lowest BCUT2D eigenvalue weighted by Gasteiger charge is -1.97. The molecule has 1 aromatic carbocycles. The van der Waals surface area contributed by atoms with Gasteiger partial charge in [-0.3, -0.25) is 4.98 Å². The molecule has 0 amide bonds. The first-order valence-electron chi connectivity index (χ1n) is 3.71. The summed E-state index contributed by atoms with van der Waals surface area (Å²) in [6.45, 7) is 0. The molecule has 59 valence electrons. The highest BCUT2D eigenvalue weighted by Crippen LogP contribution is 2.17. The van der Waals surface area contributed by atoms with E-state index in [1.54, 1.807) is 11.8 Å². The molecule has 0 N–H and O–H groups in total. The predicted octanol–water partition coefficient (Wildman–Crippen LogP) is 2.76. The fraction of sp³-hybridized carbons (Fsp3) is 0.100. The number of para-hydroxylation sites is 1. The Hall–Kier alpha value is -1.02. The molecule has 1 nitrogen and oxygen atoms in total. The molecule has 0 aliphatic carbocycles. The van der Waals surface area contributed by atoms with E-state index in [9.17, 15) is 0 Å². The van der Waals surface area contributed by atoms with Crippen LogP contribution in [0, 0.1) is 6.07 Å².